The molecule has 2 fully saturated rings. The first-order valence-corrected chi connectivity index (χ1v) is 12.8. The van der Waals surface area contributed by atoms with Crippen LogP contribution in [0.2, 0.25) is 0 Å². The molecule has 4 heteroatoms. The van der Waals surface area contributed by atoms with E-state index in [1.54, 1.807) is 0 Å². The summed E-state index contributed by atoms with van der Waals surface area (Å²) in [5, 5.41) is 0. The fourth-order valence-corrected chi connectivity index (χ4v) is 7.24. The van der Waals surface area contributed by atoms with Crippen LogP contribution in [0.5, 0.6) is 0 Å². The minimum Gasteiger partial charge on any atom is -0.465 e. The summed E-state index contributed by atoms with van der Waals surface area (Å²) in [5.41, 5.74) is 0.565. The lowest BCUT2D eigenvalue weighted by Gasteiger charge is -2.55. The van der Waals surface area contributed by atoms with Crippen LogP contribution in [-0.4, -0.2) is 17.4 Å². The van der Waals surface area contributed by atoms with Crippen LogP contribution >= 0.6 is 0 Å². The Hall–Kier alpha value is -2.72. The summed E-state index contributed by atoms with van der Waals surface area (Å²) in [6.07, 6.45) is 3.13. The van der Waals surface area contributed by atoms with Crippen LogP contribution in [0.25, 0.3) is 0 Å². The molecule has 4 aliphatic rings. The molecule has 0 N–H and O–H groups in total. The fraction of sp³-hybridized carbons (Fsp3) is 0.484. The smallest absolute Gasteiger partial charge is 0.224 e. The third-order valence-electron chi connectivity index (χ3n) is 8.70. The van der Waals surface area contributed by atoms with E-state index in [0.717, 1.165) is 16.9 Å². The molecule has 182 valence electrons. The number of allylic oxidation sites excluding steroid dienone is 2. The second-order valence-electron chi connectivity index (χ2n) is 12.7. The summed E-state index contributed by atoms with van der Waals surface area (Å²) in [7, 11) is 0. The maximum atomic E-state index is 14.2. The van der Waals surface area contributed by atoms with Crippen LogP contribution in [0.15, 0.2) is 72.0 Å². The number of benzene rings is 2. The van der Waals surface area contributed by atoms with Crippen LogP contribution < -0.4 is 0 Å². The Balaban J connectivity index is 1.59. The van der Waals surface area contributed by atoms with Gasteiger partial charge in [0.25, 0.3) is 0 Å². The fourth-order valence-electron chi connectivity index (χ4n) is 7.24. The first-order chi connectivity index (χ1) is 16.5. The number of hydrogen-bond donors (Lipinski definition) is 0. The molecule has 2 aromatic carbocycles. The topological polar surface area (TPSA) is 52.6 Å². The lowest BCUT2D eigenvalue weighted by molar-refractivity contribution is -0.291. The molecule has 2 atom stereocenters. The summed E-state index contributed by atoms with van der Waals surface area (Å²) in [6.45, 7) is 8.48. The number of carbonyl (C=O) groups excluding carboxylic acids is 2. The van der Waals surface area contributed by atoms with Gasteiger partial charge >= 0.3 is 0 Å². The van der Waals surface area contributed by atoms with Crippen molar-refractivity contribution in [1.82, 2.24) is 0 Å². The van der Waals surface area contributed by atoms with Gasteiger partial charge in [-0.15, -0.1) is 0 Å². The quantitative estimate of drug-likeness (QED) is 0.504. The Morgan fingerprint density at radius 1 is 0.686 bits per heavy atom. The van der Waals surface area contributed by atoms with E-state index < -0.39 is 16.8 Å². The molecule has 1 saturated carbocycles. The number of ether oxygens (including phenoxy) is 2. The molecule has 1 saturated heterocycles. The lowest BCUT2D eigenvalue weighted by Crippen LogP contribution is -2.61. The Morgan fingerprint density at radius 3 is 1.89 bits per heavy atom. The highest BCUT2D eigenvalue weighted by molar-refractivity contribution is 5.99. The second kappa shape index (κ2) is 7.16. The molecule has 2 unspecified atom stereocenters. The molecular formula is C31H34O4. The predicted molar refractivity (Wildman–Crippen MR) is 133 cm³/mol. The van der Waals surface area contributed by atoms with Gasteiger partial charge in [-0.3, -0.25) is 9.59 Å². The predicted octanol–water partition coefficient (Wildman–Crippen LogP) is 6.49. The van der Waals surface area contributed by atoms with E-state index in [4.69, 9.17) is 9.47 Å². The lowest BCUT2D eigenvalue weighted by atomic mass is 9.54. The summed E-state index contributed by atoms with van der Waals surface area (Å²) >= 11 is 0. The van der Waals surface area contributed by atoms with Crippen molar-refractivity contribution >= 4 is 11.6 Å². The average molecular weight is 471 g/mol. The van der Waals surface area contributed by atoms with Crippen molar-refractivity contribution < 1.29 is 19.1 Å². The molecule has 35 heavy (non-hydrogen) atoms. The Bertz CT molecular complexity index is 1200. The average Bonchev–Trinajstić information content (AvgIpc) is 3.10. The van der Waals surface area contributed by atoms with Crippen molar-refractivity contribution in [2.24, 2.45) is 16.2 Å². The summed E-state index contributed by atoms with van der Waals surface area (Å²) in [5.74, 6) is -0.0888. The molecule has 2 aromatic rings. The van der Waals surface area contributed by atoms with Gasteiger partial charge in [0, 0.05) is 37.7 Å². The van der Waals surface area contributed by atoms with Crippen LogP contribution in [0.1, 0.15) is 77.3 Å². The van der Waals surface area contributed by atoms with Gasteiger partial charge in [0.1, 0.15) is 22.6 Å². The maximum absolute atomic E-state index is 14.2. The minimum atomic E-state index is -1.11. The van der Waals surface area contributed by atoms with Gasteiger partial charge in [0.05, 0.1) is 0 Å². The normalized spacial score (nSPS) is 32.3. The SMILES string of the molecule is CC1(C)CC(=O)C2=C(C1)OC13CC(C)(C)CC(=O)C1(C2)CC(c1ccccc1)(c1ccccc1)O3. The zero-order chi connectivity index (χ0) is 24.7. The molecule has 2 aliphatic carbocycles. The highest BCUT2D eigenvalue weighted by Crippen LogP contribution is 2.70. The van der Waals surface area contributed by atoms with Crippen molar-refractivity contribution in [2.45, 2.75) is 77.6 Å². The van der Waals surface area contributed by atoms with Crippen LogP contribution in [-0.2, 0) is 24.7 Å². The molecule has 4 nitrogen and oxygen atoms in total. The Kier molecular flexibility index (Phi) is 4.65. The molecule has 2 heterocycles. The molecule has 0 spiro atoms. The third-order valence-corrected chi connectivity index (χ3v) is 8.70. The molecule has 0 aromatic heterocycles. The summed E-state index contributed by atoms with van der Waals surface area (Å²) in [4.78, 5) is 27.6. The van der Waals surface area contributed by atoms with Crippen molar-refractivity contribution in [1.29, 1.82) is 0 Å². The molecule has 0 radical (unpaired) electrons. The van der Waals surface area contributed by atoms with Gasteiger partial charge in [-0.1, -0.05) is 88.4 Å². The maximum Gasteiger partial charge on any atom is 0.224 e. The van der Waals surface area contributed by atoms with E-state index in [1.807, 2.05) is 36.4 Å². The van der Waals surface area contributed by atoms with Crippen molar-refractivity contribution in [3.05, 3.63) is 83.1 Å². The second-order valence-corrected chi connectivity index (χ2v) is 12.7. The van der Waals surface area contributed by atoms with Gasteiger partial charge < -0.3 is 9.47 Å². The van der Waals surface area contributed by atoms with Crippen LogP contribution in [0.3, 0.4) is 0 Å². The van der Waals surface area contributed by atoms with Crippen molar-refractivity contribution in [3.8, 4) is 0 Å². The number of ketones is 2. The minimum absolute atomic E-state index is 0.119. The van der Waals surface area contributed by atoms with E-state index >= 15 is 0 Å². The number of rotatable bonds is 2. The molecule has 6 rings (SSSR count). The third kappa shape index (κ3) is 3.22. The molecule has 2 aliphatic heterocycles. The first-order valence-electron chi connectivity index (χ1n) is 12.8. The van der Waals surface area contributed by atoms with E-state index in [1.165, 1.54) is 0 Å². The van der Waals surface area contributed by atoms with Gasteiger partial charge in [0.15, 0.2) is 5.78 Å². The standard InChI is InChI=1S/C31H34O4/c1-27(2)16-24(32)23-15-29-20-30(21-11-7-5-8-12-21,22-13-9-6-10-14-22)35-31(29,34-25(23)17-27)19-28(3,4)18-26(29)33/h5-14H,15-20H2,1-4H3. The molecular weight excluding hydrogens is 436 g/mol. The Morgan fingerprint density at radius 2 is 1.29 bits per heavy atom. The zero-order valence-electron chi connectivity index (χ0n) is 21.1. The van der Waals surface area contributed by atoms with E-state index in [0.29, 0.717) is 44.1 Å². The number of Topliss-reactive ketones (excluding diaryl/α,β-unsaturated/α-hetero) is 2. The molecule has 0 amide bonds. The highest BCUT2D eigenvalue weighted by atomic mass is 16.7. The van der Waals surface area contributed by atoms with Gasteiger partial charge in [0.2, 0.25) is 5.79 Å². The van der Waals surface area contributed by atoms with Gasteiger partial charge in [-0.2, -0.15) is 0 Å². The van der Waals surface area contributed by atoms with Crippen LogP contribution in [0, 0.1) is 16.2 Å². The largest absolute Gasteiger partial charge is 0.465 e. The first kappa shape index (κ1) is 22.7. The summed E-state index contributed by atoms with van der Waals surface area (Å²) < 4.78 is 14.2. The Labute approximate surface area is 207 Å². The molecule has 0 bridgehead atoms. The van der Waals surface area contributed by atoms with Crippen LogP contribution in [0.4, 0.5) is 0 Å². The van der Waals surface area contributed by atoms with Crippen molar-refractivity contribution in [2.75, 3.05) is 0 Å². The highest BCUT2D eigenvalue weighted by Gasteiger charge is 2.75. The number of carbonyl (C=O) groups is 2. The monoisotopic (exact) mass is 470 g/mol. The van der Waals surface area contributed by atoms with E-state index in [9.17, 15) is 9.59 Å². The number of hydrogen-bond acceptors (Lipinski definition) is 4. The van der Waals surface area contributed by atoms with Crippen molar-refractivity contribution in [3.63, 3.8) is 0 Å². The van der Waals surface area contributed by atoms with Gasteiger partial charge in [-0.05, 0) is 28.4 Å². The van der Waals surface area contributed by atoms with Gasteiger partial charge in [-0.25, -0.2) is 0 Å². The zero-order valence-corrected chi connectivity index (χ0v) is 21.1. The van der Waals surface area contributed by atoms with E-state index in [-0.39, 0.29) is 22.4 Å². The summed E-state index contributed by atoms with van der Waals surface area (Å²) in [6, 6.07) is 20.4. The van der Waals surface area contributed by atoms with E-state index in [2.05, 4.69) is 52.0 Å².